The first-order valence-electron chi connectivity index (χ1n) is 6.28. The second kappa shape index (κ2) is 6.58. The minimum atomic E-state index is -0.960. The minimum absolute atomic E-state index is 0.0896. The van der Waals surface area contributed by atoms with Gasteiger partial charge in [-0.3, -0.25) is 0 Å². The molecule has 6 nitrogen and oxygen atoms in total. The molecule has 0 aromatic rings. The second-order valence-electron chi connectivity index (χ2n) is 4.94. The normalized spacial score (nSPS) is 16.4. The molecular weight excluding hydrogens is 236 g/mol. The summed E-state index contributed by atoms with van der Waals surface area (Å²) in [5.74, 6) is -0.871. The molecule has 1 aliphatic rings. The van der Waals surface area contributed by atoms with Crippen LogP contribution in [0.4, 0.5) is 4.79 Å². The van der Waals surface area contributed by atoms with E-state index >= 15 is 0 Å². The van der Waals surface area contributed by atoms with Crippen molar-refractivity contribution in [2.24, 2.45) is 5.92 Å². The van der Waals surface area contributed by atoms with Crippen molar-refractivity contribution in [2.75, 3.05) is 20.2 Å². The number of ether oxygens (including phenoxy) is 1. The molecule has 0 aliphatic heterocycles. The van der Waals surface area contributed by atoms with Crippen molar-refractivity contribution in [3.63, 3.8) is 0 Å². The molecule has 1 rings (SSSR count). The number of nitrogens with one attached hydrogen (secondary N) is 1. The molecule has 0 bridgehead atoms. The molecule has 0 radical (unpaired) electrons. The lowest BCUT2D eigenvalue weighted by Gasteiger charge is -2.21. The van der Waals surface area contributed by atoms with Gasteiger partial charge in [-0.2, -0.15) is 0 Å². The molecule has 104 valence electrons. The summed E-state index contributed by atoms with van der Waals surface area (Å²) in [4.78, 5) is 24.2. The van der Waals surface area contributed by atoms with Crippen LogP contribution in [0.25, 0.3) is 0 Å². The number of likely N-dealkylation sites (N-methyl/N-ethyl adjacent to an activating group) is 1. The molecule has 0 spiro atoms. The predicted octanol–water partition coefficient (Wildman–Crippen LogP) is 0.916. The Labute approximate surface area is 107 Å². The maximum atomic E-state index is 11.8. The zero-order valence-corrected chi connectivity index (χ0v) is 11.2. The smallest absolute Gasteiger partial charge is 0.326 e. The molecule has 1 saturated carbocycles. The summed E-state index contributed by atoms with van der Waals surface area (Å²) in [6, 6.07) is -1.12. The van der Waals surface area contributed by atoms with E-state index in [-0.39, 0.29) is 18.1 Å². The Bertz CT molecular complexity index is 302. The van der Waals surface area contributed by atoms with Gasteiger partial charge >= 0.3 is 12.0 Å². The van der Waals surface area contributed by atoms with E-state index in [9.17, 15) is 9.59 Å². The molecule has 1 atom stereocenters. The van der Waals surface area contributed by atoms with E-state index < -0.39 is 12.0 Å². The highest BCUT2D eigenvalue weighted by molar-refractivity contribution is 5.83. The average Bonchev–Trinajstić information content (AvgIpc) is 3.08. The fourth-order valence-corrected chi connectivity index (χ4v) is 1.58. The van der Waals surface area contributed by atoms with Crippen LogP contribution in [0.2, 0.25) is 0 Å². The van der Waals surface area contributed by atoms with Gasteiger partial charge in [0.05, 0.1) is 12.7 Å². The first kappa shape index (κ1) is 14.8. The van der Waals surface area contributed by atoms with Gasteiger partial charge < -0.3 is 20.1 Å². The average molecular weight is 258 g/mol. The van der Waals surface area contributed by atoms with Gasteiger partial charge in [-0.1, -0.05) is 0 Å². The molecule has 0 aromatic carbocycles. The van der Waals surface area contributed by atoms with Crippen molar-refractivity contribution in [3.8, 4) is 0 Å². The van der Waals surface area contributed by atoms with Crippen molar-refractivity contribution in [3.05, 3.63) is 0 Å². The third kappa shape index (κ3) is 4.91. The van der Waals surface area contributed by atoms with Crippen molar-refractivity contribution >= 4 is 12.0 Å². The molecule has 1 fully saturated rings. The SMILES string of the molecule is CC(C)OCCN(C)C(=O)NC(C(=O)O)C1CC1. The molecule has 1 aliphatic carbocycles. The summed E-state index contributed by atoms with van der Waals surface area (Å²) in [7, 11) is 1.63. The van der Waals surface area contributed by atoms with Gasteiger partial charge in [0.1, 0.15) is 6.04 Å². The van der Waals surface area contributed by atoms with Gasteiger partial charge in [0.15, 0.2) is 0 Å². The summed E-state index contributed by atoms with van der Waals surface area (Å²) >= 11 is 0. The van der Waals surface area contributed by atoms with E-state index in [1.165, 1.54) is 4.90 Å². The Kier molecular flexibility index (Phi) is 5.40. The van der Waals surface area contributed by atoms with E-state index in [1.54, 1.807) is 7.05 Å². The van der Waals surface area contributed by atoms with Crippen molar-refractivity contribution in [2.45, 2.75) is 38.8 Å². The molecule has 2 N–H and O–H groups in total. The lowest BCUT2D eigenvalue weighted by atomic mass is 10.2. The van der Waals surface area contributed by atoms with Gasteiger partial charge in [0.25, 0.3) is 0 Å². The van der Waals surface area contributed by atoms with E-state index in [1.807, 2.05) is 13.8 Å². The molecule has 2 amide bonds. The Morgan fingerprint density at radius 1 is 1.44 bits per heavy atom. The van der Waals surface area contributed by atoms with Gasteiger partial charge in [-0.15, -0.1) is 0 Å². The fraction of sp³-hybridized carbons (Fsp3) is 0.833. The van der Waals surface area contributed by atoms with Crippen LogP contribution < -0.4 is 5.32 Å². The van der Waals surface area contributed by atoms with Crippen molar-refractivity contribution in [1.29, 1.82) is 0 Å². The second-order valence-corrected chi connectivity index (χ2v) is 4.94. The van der Waals surface area contributed by atoms with Gasteiger partial charge in [-0.25, -0.2) is 9.59 Å². The standard InChI is InChI=1S/C12H22N2O4/c1-8(2)18-7-6-14(3)12(17)13-10(11(15)16)9-4-5-9/h8-10H,4-7H2,1-3H3,(H,13,17)(H,15,16). The molecule has 1 unspecified atom stereocenters. The molecule has 6 heteroatoms. The monoisotopic (exact) mass is 258 g/mol. The minimum Gasteiger partial charge on any atom is -0.480 e. The zero-order valence-electron chi connectivity index (χ0n) is 11.2. The first-order valence-corrected chi connectivity index (χ1v) is 6.28. The number of rotatable bonds is 7. The lowest BCUT2D eigenvalue weighted by Crippen LogP contribution is -2.48. The molecule has 0 saturated heterocycles. The Balaban J connectivity index is 2.31. The quantitative estimate of drug-likeness (QED) is 0.711. The fourth-order valence-electron chi connectivity index (χ4n) is 1.58. The number of carbonyl (C=O) groups is 2. The van der Waals surface area contributed by atoms with Crippen LogP contribution >= 0.6 is 0 Å². The highest BCUT2D eigenvalue weighted by Gasteiger charge is 2.37. The number of amides is 2. The van der Waals surface area contributed by atoms with Crippen LogP contribution in [0.15, 0.2) is 0 Å². The summed E-state index contributed by atoms with van der Waals surface area (Å²) in [5.41, 5.74) is 0. The summed E-state index contributed by atoms with van der Waals surface area (Å²) in [6.07, 6.45) is 1.87. The largest absolute Gasteiger partial charge is 0.480 e. The number of hydrogen-bond acceptors (Lipinski definition) is 3. The van der Waals surface area contributed by atoms with E-state index in [0.29, 0.717) is 13.2 Å². The number of nitrogens with zero attached hydrogens (tertiary/aromatic N) is 1. The van der Waals surface area contributed by atoms with Crippen molar-refractivity contribution < 1.29 is 19.4 Å². The maximum Gasteiger partial charge on any atom is 0.326 e. The molecule has 0 heterocycles. The summed E-state index contributed by atoms with van der Waals surface area (Å²) in [5, 5.41) is 11.6. The van der Waals surface area contributed by atoms with Crippen LogP contribution in [0, 0.1) is 5.92 Å². The summed E-state index contributed by atoms with van der Waals surface area (Å²) < 4.78 is 5.34. The Morgan fingerprint density at radius 3 is 2.50 bits per heavy atom. The Hall–Kier alpha value is -1.30. The summed E-state index contributed by atoms with van der Waals surface area (Å²) in [6.45, 7) is 4.74. The Morgan fingerprint density at radius 2 is 2.06 bits per heavy atom. The van der Waals surface area contributed by atoms with E-state index in [0.717, 1.165) is 12.8 Å². The van der Waals surface area contributed by atoms with Crippen molar-refractivity contribution in [1.82, 2.24) is 10.2 Å². The van der Waals surface area contributed by atoms with E-state index in [4.69, 9.17) is 9.84 Å². The lowest BCUT2D eigenvalue weighted by molar-refractivity contribution is -0.139. The highest BCUT2D eigenvalue weighted by Crippen LogP contribution is 2.32. The van der Waals surface area contributed by atoms with Crippen LogP contribution in [0.1, 0.15) is 26.7 Å². The molecule has 18 heavy (non-hydrogen) atoms. The number of urea groups is 1. The van der Waals surface area contributed by atoms with Crippen LogP contribution in [-0.2, 0) is 9.53 Å². The third-order valence-electron chi connectivity index (χ3n) is 2.86. The number of hydrogen-bond donors (Lipinski definition) is 2. The van der Waals surface area contributed by atoms with Crippen LogP contribution in [0.5, 0.6) is 0 Å². The van der Waals surface area contributed by atoms with Crippen LogP contribution in [0.3, 0.4) is 0 Å². The van der Waals surface area contributed by atoms with Gasteiger partial charge in [0.2, 0.25) is 0 Å². The topological polar surface area (TPSA) is 78.9 Å². The van der Waals surface area contributed by atoms with E-state index in [2.05, 4.69) is 5.32 Å². The number of carboxylic acid groups (broad SMARTS) is 1. The number of aliphatic carboxylic acids is 1. The maximum absolute atomic E-state index is 11.8. The molecule has 0 aromatic heterocycles. The first-order chi connectivity index (χ1) is 8.41. The molecular formula is C12H22N2O4. The third-order valence-corrected chi connectivity index (χ3v) is 2.86. The van der Waals surface area contributed by atoms with Gasteiger partial charge in [0, 0.05) is 13.6 Å². The highest BCUT2D eigenvalue weighted by atomic mass is 16.5. The zero-order chi connectivity index (χ0) is 13.7. The number of carbonyl (C=O) groups excluding carboxylic acids is 1. The predicted molar refractivity (Wildman–Crippen MR) is 66.4 cm³/mol. The van der Waals surface area contributed by atoms with Gasteiger partial charge in [-0.05, 0) is 32.6 Å². The van der Waals surface area contributed by atoms with Crippen LogP contribution in [-0.4, -0.2) is 54.4 Å². The number of carboxylic acids is 1.